The lowest BCUT2D eigenvalue weighted by Crippen LogP contribution is -1.95. The lowest BCUT2D eigenvalue weighted by molar-refractivity contribution is 0.475. The second-order valence-corrected chi connectivity index (χ2v) is 6.26. The predicted molar refractivity (Wildman–Crippen MR) is 99.4 cm³/mol. The van der Waals surface area contributed by atoms with Crippen LogP contribution in [-0.2, 0) is 0 Å². The molecule has 0 atom stereocenters. The second kappa shape index (κ2) is 6.98. The van der Waals surface area contributed by atoms with E-state index in [0.717, 1.165) is 40.7 Å². The van der Waals surface area contributed by atoms with Crippen LogP contribution in [0.15, 0.2) is 77.9 Å². The molecule has 0 bridgehead atoms. The molecule has 0 spiro atoms. The van der Waals surface area contributed by atoms with Crippen molar-refractivity contribution >= 4 is 17.2 Å². The third-order valence-electron chi connectivity index (χ3n) is 4.08. The second-order valence-electron chi connectivity index (χ2n) is 5.88. The van der Waals surface area contributed by atoms with Gasteiger partial charge in [-0.15, -0.1) is 11.6 Å². The minimum absolute atomic E-state index is 0.233. The van der Waals surface area contributed by atoms with Crippen molar-refractivity contribution in [2.45, 2.75) is 12.8 Å². The van der Waals surface area contributed by atoms with E-state index in [4.69, 9.17) is 11.6 Å². The molecule has 0 saturated heterocycles. The Hall–Kier alpha value is -2.45. The number of phenols is 2. The van der Waals surface area contributed by atoms with E-state index in [1.54, 1.807) is 24.3 Å². The largest absolute Gasteiger partial charge is 0.508 e. The van der Waals surface area contributed by atoms with E-state index in [0.29, 0.717) is 5.88 Å². The average molecular weight is 339 g/mol. The number of hydrogen-bond donors (Lipinski definition) is 2. The zero-order valence-electron chi connectivity index (χ0n) is 13.3. The van der Waals surface area contributed by atoms with Crippen LogP contribution in [0.25, 0.3) is 5.57 Å². The van der Waals surface area contributed by atoms with Crippen LogP contribution in [-0.4, -0.2) is 16.1 Å². The number of phenolic OH excluding ortho intramolecular Hbond substituents is 2. The van der Waals surface area contributed by atoms with Crippen molar-refractivity contribution in [3.8, 4) is 11.5 Å². The van der Waals surface area contributed by atoms with Gasteiger partial charge >= 0.3 is 0 Å². The molecule has 1 saturated carbocycles. The van der Waals surface area contributed by atoms with Gasteiger partial charge in [0.15, 0.2) is 0 Å². The Labute approximate surface area is 147 Å². The summed E-state index contributed by atoms with van der Waals surface area (Å²) in [5.74, 6) is 0.985. The van der Waals surface area contributed by atoms with Crippen molar-refractivity contribution in [1.82, 2.24) is 0 Å². The third kappa shape index (κ3) is 3.72. The Kier molecular flexibility index (Phi) is 4.77. The first-order valence-electron chi connectivity index (χ1n) is 7.85. The van der Waals surface area contributed by atoms with Crippen LogP contribution in [0.5, 0.6) is 11.5 Å². The molecule has 2 aromatic carbocycles. The molecule has 1 fully saturated rings. The van der Waals surface area contributed by atoms with E-state index in [-0.39, 0.29) is 11.5 Å². The molecule has 2 nitrogen and oxygen atoms in total. The van der Waals surface area contributed by atoms with Crippen molar-refractivity contribution in [3.05, 3.63) is 89.0 Å². The van der Waals surface area contributed by atoms with Gasteiger partial charge in [0.2, 0.25) is 0 Å². The summed E-state index contributed by atoms with van der Waals surface area (Å²) in [6.07, 6.45) is 3.85. The van der Waals surface area contributed by atoms with Crippen LogP contribution in [0, 0.1) is 0 Å². The Morgan fingerprint density at radius 3 is 1.79 bits per heavy atom. The van der Waals surface area contributed by atoms with Gasteiger partial charge in [-0.1, -0.05) is 36.9 Å². The number of hydrogen-bond acceptors (Lipinski definition) is 2. The number of aromatic hydroxyl groups is 2. The number of halogens is 1. The molecule has 1 aliphatic rings. The Morgan fingerprint density at radius 2 is 1.42 bits per heavy atom. The predicted octanol–water partition coefficient (Wildman–Crippen LogP) is 5.41. The quantitative estimate of drug-likeness (QED) is 0.715. The molecule has 0 unspecified atom stereocenters. The molecular formula is C21H19ClO2. The molecular weight excluding hydrogens is 320 g/mol. The number of allylic oxidation sites excluding steroid dienone is 4. The first-order valence-corrected chi connectivity index (χ1v) is 8.38. The highest BCUT2D eigenvalue weighted by atomic mass is 35.5. The number of alkyl halides is 1. The minimum atomic E-state index is 0.233. The van der Waals surface area contributed by atoms with Gasteiger partial charge in [-0.3, -0.25) is 0 Å². The van der Waals surface area contributed by atoms with E-state index in [2.05, 4.69) is 12.7 Å². The number of rotatable bonds is 5. The fourth-order valence-corrected chi connectivity index (χ4v) is 2.92. The Morgan fingerprint density at radius 1 is 0.958 bits per heavy atom. The molecule has 2 N–H and O–H groups in total. The van der Waals surface area contributed by atoms with Crippen LogP contribution in [0.4, 0.5) is 0 Å². The smallest absolute Gasteiger partial charge is 0.115 e. The molecule has 0 radical (unpaired) electrons. The lowest BCUT2D eigenvalue weighted by Gasteiger charge is -2.14. The molecule has 24 heavy (non-hydrogen) atoms. The lowest BCUT2D eigenvalue weighted by atomic mass is 9.91. The molecule has 0 aromatic heterocycles. The van der Waals surface area contributed by atoms with Crippen LogP contribution >= 0.6 is 11.6 Å². The van der Waals surface area contributed by atoms with E-state index in [1.165, 1.54) is 5.57 Å². The van der Waals surface area contributed by atoms with Gasteiger partial charge in [-0.2, -0.15) is 0 Å². The maximum absolute atomic E-state index is 9.58. The average Bonchev–Trinajstić information content (AvgIpc) is 3.26. The minimum Gasteiger partial charge on any atom is -0.508 e. The van der Waals surface area contributed by atoms with Crippen LogP contribution in [0.1, 0.15) is 24.0 Å². The Bertz CT molecular complexity index is 764. The van der Waals surface area contributed by atoms with Crippen molar-refractivity contribution in [2.75, 3.05) is 5.88 Å². The zero-order valence-corrected chi connectivity index (χ0v) is 14.1. The summed E-state index contributed by atoms with van der Waals surface area (Å²) in [4.78, 5) is 0. The van der Waals surface area contributed by atoms with Crippen molar-refractivity contribution in [3.63, 3.8) is 0 Å². The maximum atomic E-state index is 9.58. The van der Waals surface area contributed by atoms with Gasteiger partial charge in [-0.05, 0) is 70.5 Å². The molecule has 3 heteroatoms. The molecule has 3 rings (SSSR count). The van der Waals surface area contributed by atoms with Gasteiger partial charge in [0.05, 0.1) is 0 Å². The van der Waals surface area contributed by atoms with Crippen molar-refractivity contribution in [2.24, 2.45) is 0 Å². The summed E-state index contributed by atoms with van der Waals surface area (Å²) in [5.41, 5.74) is 6.62. The summed E-state index contributed by atoms with van der Waals surface area (Å²) < 4.78 is 0. The fraction of sp³-hybridized carbons (Fsp3) is 0.143. The normalized spacial score (nSPS) is 14.7. The first-order chi connectivity index (χ1) is 11.6. The van der Waals surface area contributed by atoms with E-state index < -0.39 is 0 Å². The van der Waals surface area contributed by atoms with Crippen LogP contribution < -0.4 is 0 Å². The van der Waals surface area contributed by atoms with E-state index in [1.807, 2.05) is 24.3 Å². The van der Waals surface area contributed by atoms with E-state index in [9.17, 15) is 10.2 Å². The van der Waals surface area contributed by atoms with Crippen molar-refractivity contribution in [1.29, 1.82) is 0 Å². The van der Waals surface area contributed by atoms with Gasteiger partial charge in [0.1, 0.15) is 11.5 Å². The maximum Gasteiger partial charge on any atom is 0.115 e. The monoisotopic (exact) mass is 338 g/mol. The SMILES string of the molecule is C=C1C/C1=C\C(CCCl)=C(c1ccc(O)cc1)c1ccc(O)cc1. The summed E-state index contributed by atoms with van der Waals surface area (Å²) >= 11 is 6.04. The van der Waals surface area contributed by atoms with Crippen LogP contribution in [0.2, 0.25) is 0 Å². The van der Waals surface area contributed by atoms with Crippen molar-refractivity contribution < 1.29 is 10.2 Å². The summed E-state index contributed by atoms with van der Waals surface area (Å²) in [6.45, 7) is 4.00. The standard InChI is InChI=1S/C21H19ClO2/c1-14-12-18(14)13-17(10-11-22)21(15-2-6-19(23)7-3-15)16-4-8-20(24)9-5-16/h2-9,13,23-24H,1,10-12H2/b18-13+. The third-order valence-corrected chi connectivity index (χ3v) is 4.27. The topological polar surface area (TPSA) is 40.5 Å². The summed E-state index contributed by atoms with van der Waals surface area (Å²) in [6, 6.07) is 14.3. The summed E-state index contributed by atoms with van der Waals surface area (Å²) in [5, 5.41) is 19.2. The first kappa shape index (κ1) is 16.4. The van der Waals surface area contributed by atoms with Gasteiger partial charge < -0.3 is 10.2 Å². The molecule has 1 aliphatic carbocycles. The Balaban J connectivity index is 2.18. The fourth-order valence-electron chi connectivity index (χ4n) is 2.71. The highest BCUT2D eigenvalue weighted by Crippen LogP contribution is 2.39. The highest BCUT2D eigenvalue weighted by molar-refractivity contribution is 6.18. The van der Waals surface area contributed by atoms with Gasteiger partial charge in [0.25, 0.3) is 0 Å². The van der Waals surface area contributed by atoms with E-state index >= 15 is 0 Å². The number of benzene rings is 2. The van der Waals surface area contributed by atoms with Gasteiger partial charge in [0, 0.05) is 5.88 Å². The molecule has 2 aromatic rings. The summed E-state index contributed by atoms with van der Waals surface area (Å²) in [7, 11) is 0. The van der Waals surface area contributed by atoms with Crippen LogP contribution in [0.3, 0.4) is 0 Å². The highest BCUT2D eigenvalue weighted by Gasteiger charge is 2.20. The zero-order chi connectivity index (χ0) is 17.1. The molecule has 0 aliphatic heterocycles. The molecule has 0 heterocycles. The molecule has 0 amide bonds. The van der Waals surface area contributed by atoms with Gasteiger partial charge in [-0.25, -0.2) is 0 Å². The molecule has 122 valence electrons.